The van der Waals surface area contributed by atoms with Gasteiger partial charge in [-0.25, -0.2) is 9.36 Å². The van der Waals surface area contributed by atoms with Crippen LogP contribution in [0.15, 0.2) is 33.9 Å². The Balaban J connectivity index is 2.24. The fraction of sp³-hybridized carbons (Fsp3) is 0.294. The highest BCUT2D eigenvalue weighted by Gasteiger charge is 2.35. The molecule has 0 spiro atoms. The molecule has 0 aliphatic heterocycles. The largest absolute Gasteiger partial charge is 0.481 e. The molecular weight excluding hydrogens is 417 g/mol. The standard InChI is InChI=1S/C17H14ClF3N4O4/c1-8(5-14(27)28)25-11-6-9(3-4-10(11)15(18)22-25)24-13(26)7-12(17(19,20)21)23(2)16(24)29/h3-4,6-8H,5H2,1-2H3,(H,27,28). The van der Waals surface area contributed by atoms with E-state index in [4.69, 9.17) is 16.7 Å². The molecule has 0 saturated carbocycles. The summed E-state index contributed by atoms with van der Waals surface area (Å²) in [5, 5.41) is 13.6. The van der Waals surface area contributed by atoms with E-state index in [1.165, 1.54) is 22.9 Å². The van der Waals surface area contributed by atoms with Gasteiger partial charge in [0, 0.05) is 18.5 Å². The Kier molecular flexibility index (Phi) is 5.03. The molecule has 8 nitrogen and oxygen atoms in total. The Morgan fingerprint density at radius 3 is 2.52 bits per heavy atom. The summed E-state index contributed by atoms with van der Waals surface area (Å²) in [7, 11) is 0.912. The van der Waals surface area contributed by atoms with Crippen molar-refractivity contribution in [1.29, 1.82) is 0 Å². The number of hydrogen-bond donors (Lipinski definition) is 1. The topological polar surface area (TPSA) is 99.1 Å². The number of aliphatic carboxylic acids is 1. The third-order valence-corrected chi connectivity index (χ3v) is 4.68. The minimum Gasteiger partial charge on any atom is -0.481 e. The molecule has 29 heavy (non-hydrogen) atoms. The maximum atomic E-state index is 13.0. The van der Waals surface area contributed by atoms with E-state index in [0.29, 0.717) is 26.1 Å². The zero-order valence-electron chi connectivity index (χ0n) is 15.1. The third kappa shape index (κ3) is 3.65. The van der Waals surface area contributed by atoms with Crippen molar-refractivity contribution in [2.75, 3.05) is 0 Å². The third-order valence-electron chi connectivity index (χ3n) is 4.40. The lowest BCUT2D eigenvalue weighted by Crippen LogP contribution is -2.40. The molecule has 3 rings (SSSR count). The highest BCUT2D eigenvalue weighted by atomic mass is 35.5. The molecule has 1 N–H and O–H groups in total. The second kappa shape index (κ2) is 7.07. The van der Waals surface area contributed by atoms with Crippen LogP contribution in [-0.4, -0.2) is 30.0 Å². The molecule has 0 aliphatic carbocycles. The molecule has 1 atom stereocenters. The number of hydrogen-bond acceptors (Lipinski definition) is 4. The molecular formula is C17H14ClF3N4O4. The average Bonchev–Trinajstić information content (AvgIpc) is 2.93. The van der Waals surface area contributed by atoms with E-state index in [1.807, 2.05) is 0 Å². The zero-order chi connectivity index (χ0) is 21.7. The minimum absolute atomic E-state index is 0.00262. The van der Waals surface area contributed by atoms with Crippen molar-refractivity contribution in [3.8, 4) is 5.69 Å². The van der Waals surface area contributed by atoms with Gasteiger partial charge in [0.05, 0.1) is 23.7 Å². The Morgan fingerprint density at radius 1 is 1.28 bits per heavy atom. The monoisotopic (exact) mass is 430 g/mol. The van der Waals surface area contributed by atoms with Crippen LogP contribution in [0.2, 0.25) is 5.15 Å². The summed E-state index contributed by atoms with van der Waals surface area (Å²) in [6.45, 7) is 1.59. The van der Waals surface area contributed by atoms with Gasteiger partial charge >= 0.3 is 17.8 Å². The van der Waals surface area contributed by atoms with E-state index in [2.05, 4.69) is 5.10 Å². The van der Waals surface area contributed by atoms with Crippen molar-refractivity contribution in [3.05, 3.63) is 56.0 Å². The van der Waals surface area contributed by atoms with E-state index in [9.17, 15) is 27.6 Å². The van der Waals surface area contributed by atoms with Crippen LogP contribution >= 0.6 is 11.6 Å². The molecule has 1 aromatic carbocycles. The molecule has 2 heterocycles. The summed E-state index contributed by atoms with van der Waals surface area (Å²) >= 11 is 6.08. The van der Waals surface area contributed by atoms with Crippen LogP contribution in [0, 0.1) is 0 Å². The summed E-state index contributed by atoms with van der Waals surface area (Å²) in [6.07, 6.45) is -5.13. The molecule has 0 aliphatic rings. The second-order valence-corrected chi connectivity index (χ2v) is 6.78. The van der Waals surface area contributed by atoms with Crippen molar-refractivity contribution >= 4 is 28.5 Å². The quantitative estimate of drug-likeness (QED) is 0.686. The molecule has 2 aromatic heterocycles. The summed E-state index contributed by atoms with van der Waals surface area (Å²) in [4.78, 5) is 35.8. The number of carboxylic acids is 1. The number of nitrogens with zero attached hydrogens (tertiary/aromatic N) is 4. The first kappa shape index (κ1) is 20.6. The van der Waals surface area contributed by atoms with Crippen molar-refractivity contribution in [1.82, 2.24) is 18.9 Å². The Labute approximate surface area is 165 Å². The normalized spacial score (nSPS) is 13.0. The van der Waals surface area contributed by atoms with Gasteiger partial charge < -0.3 is 5.11 Å². The van der Waals surface area contributed by atoms with E-state index in [0.717, 1.165) is 7.05 Å². The number of fused-ring (bicyclic) bond motifs is 1. The van der Waals surface area contributed by atoms with Crippen LogP contribution in [-0.2, 0) is 18.0 Å². The molecule has 1 unspecified atom stereocenters. The number of carbonyl (C=O) groups is 1. The van der Waals surface area contributed by atoms with Crippen molar-refractivity contribution in [3.63, 3.8) is 0 Å². The van der Waals surface area contributed by atoms with E-state index < -0.39 is 35.1 Å². The molecule has 0 amide bonds. The maximum absolute atomic E-state index is 13.0. The molecule has 0 radical (unpaired) electrons. The lowest BCUT2D eigenvalue weighted by Gasteiger charge is -2.14. The van der Waals surface area contributed by atoms with Gasteiger partial charge in [-0.1, -0.05) is 11.6 Å². The van der Waals surface area contributed by atoms with E-state index in [-0.39, 0.29) is 17.3 Å². The highest BCUT2D eigenvalue weighted by molar-refractivity contribution is 6.34. The van der Waals surface area contributed by atoms with Gasteiger partial charge in [-0.05, 0) is 25.1 Å². The zero-order valence-corrected chi connectivity index (χ0v) is 15.8. The smallest absolute Gasteiger partial charge is 0.431 e. The minimum atomic E-state index is -4.87. The summed E-state index contributed by atoms with van der Waals surface area (Å²) in [6, 6.07) is 3.88. The number of alkyl halides is 3. The number of aromatic nitrogens is 4. The molecule has 12 heteroatoms. The summed E-state index contributed by atoms with van der Waals surface area (Å²) in [5.74, 6) is -1.07. The van der Waals surface area contributed by atoms with Crippen LogP contribution in [0.1, 0.15) is 25.1 Å². The van der Waals surface area contributed by atoms with Gasteiger partial charge in [0.15, 0.2) is 5.15 Å². The fourth-order valence-electron chi connectivity index (χ4n) is 3.04. The van der Waals surface area contributed by atoms with Gasteiger partial charge in [-0.3, -0.25) is 18.8 Å². The van der Waals surface area contributed by atoms with Crippen molar-refractivity contribution < 1.29 is 23.1 Å². The SMILES string of the molecule is CC(CC(=O)O)n1nc(Cl)c2ccc(-n3c(=O)cc(C(F)(F)F)n(C)c3=O)cc21. The van der Waals surface area contributed by atoms with Crippen LogP contribution in [0.3, 0.4) is 0 Å². The fourth-order valence-corrected chi connectivity index (χ4v) is 3.28. The number of rotatable bonds is 4. The summed E-state index contributed by atoms with van der Waals surface area (Å²) < 4.78 is 41.3. The molecule has 154 valence electrons. The molecule has 3 aromatic rings. The predicted octanol–water partition coefficient (Wildman–Crippen LogP) is 2.59. The van der Waals surface area contributed by atoms with Crippen LogP contribution in [0.5, 0.6) is 0 Å². The van der Waals surface area contributed by atoms with E-state index in [1.54, 1.807) is 6.92 Å². The van der Waals surface area contributed by atoms with Crippen LogP contribution in [0.25, 0.3) is 16.6 Å². The van der Waals surface area contributed by atoms with Gasteiger partial charge in [0.25, 0.3) is 5.56 Å². The lowest BCUT2D eigenvalue weighted by molar-refractivity contribution is -0.144. The number of carboxylic acid groups (broad SMARTS) is 1. The maximum Gasteiger partial charge on any atom is 0.431 e. The lowest BCUT2D eigenvalue weighted by atomic mass is 10.2. The van der Waals surface area contributed by atoms with Crippen LogP contribution in [0.4, 0.5) is 13.2 Å². The Hall–Kier alpha value is -3.08. The molecule has 0 bridgehead atoms. The first-order valence-corrected chi connectivity index (χ1v) is 8.60. The highest BCUT2D eigenvalue weighted by Crippen LogP contribution is 2.29. The van der Waals surface area contributed by atoms with Crippen molar-refractivity contribution in [2.45, 2.75) is 25.6 Å². The Bertz CT molecular complexity index is 1240. The molecule has 0 fully saturated rings. The predicted molar refractivity (Wildman–Crippen MR) is 97.5 cm³/mol. The Morgan fingerprint density at radius 2 is 1.93 bits per heavy atom. The number of halogens is 4. The molecule has 0 saturated heterocycles. The van der Waals surface area contributed by atoms with Crippen LogP contribution < -0.4 is 11.2 Å². The van der Waals surface area contributed by atoms with Gasteiger partial charge in [-0.2, -0.15) is 18.3 Å². The van der Waals surface area contributed by atoms with Gasteiger partial charge in [0.2, 0.25) is 0 Å². The second-order valence-electron chi connectivity index (χ2n) is 6.43. The summed E-state index contributed by atoms with van der Waals surface area (Å²) in [5.41, 5.74) is -3.38. The van der Waals surface area contributed by atoms with Crippen molar-refractivity contribution in [2.24, 2.45) is 7.05 Å². The van der Waals surface area contributed by atoms with E-state index >= 15 is 0 Å². The number of benzene rings is 1. The average molecular weight is 431 g/mol. The van der Waals surface area contributed by atoms with Gasteiger partial charge in [0.1, 0.15) is 5.69 Å². The van der Waals surface area contributed by atoms with Gasteiger partial charge in [-0.15, -0.1) is 0 Å². The first-order chi connectivity index (χ1) is 13.4. The first-order valence-electron chi connectivity index (χ1n) is 8.22.